The highest BCUT2D eigenvalue weighted by Crippen LogP contribution is 2.26. The van der Waals surface area contributed by atoms with Crippen LogP contribution in [0.3, 0.4) is 0 Å². The molecule has 3 heterocycles. The van der Waals surface area contributed by atoms with E-state index in [0.717, 1.165) is 42.2 Å². The lowest BCUT2D eigenvalue weighted by molar-refractivity contribution is 0.392. The predicted molar refractivity (Wildman–Crippen MR) is 109 cm³/mol. The zero-order chi connectivity index (χ0) is 19.7. The van der Waals surface area contributed by atoms with Crippen molar-refractivity contribution in [3.8, 4) is 11.4 Å². The summed E-state index contributed by atoms with van der Waals surface area (Å²) in [6.45, 7) is 4.67. The van der Waals surface area contributed by atoms with Crippen molar-refractivity contribution in [3.05, 3.63) is 57.4 Å². The molecule has 7 nitrogen and oxygen atoms in total. The minimum atomic E-state index is 0.535. The van der Waals surface area contributed by atoms with E-state index in [1.54, 1.807) is 22.7 Å². The molecule has 0 fully saturated rings. The second-order valence-electron chi connectivity index (χ2n) is 6.50. The lowest BCUT2D eigenvalue weighted by Gasteiger charge is -2.07. The summed E-state index contributed by atoms with van der Waals surface area (Å²) >= 11 is 12.2. The minimum absolute atomic E-state index is 0.535. The molecule has 3 aromatic heterocycles. The number of halogens is 2. The van der Waals surface area contributed by atoms with Crippen LogP contribution in [0.1, 0.15) is 23.4 Å². The van der Waals surface area contributed by atoms with Crippen LogP contribution >= 0.6 is 23.2 Å². The lowest BCUT2D eigenvalue weighted by atomic mass is 10.1. The Bertz CT molecular complexity index is 1100. The maximum Gasteiger partial charge on any atom is 0.185 e. The number of fused-ring (bicyclic) bond motifs is 1. The molecule has 0 radical (unpaired) electrons. The Morgan fingerprint density at radius 2 is 1.86 bits per heavy atom. The second kappa shape index (κ2) is 7.77. The smallest absolute Gasteiger partial charge is 0.185 e. The summed E-state index contributed by atoms with van der Waals surface area (Å²) in [6, 6.07) is 9.00. The van der Waals surface area contributed by atoms with Crippen LogP contribution in [-0.4, -0.2) is 31.5 Å². The number of hydrogen-bond acceptors (Lipinski definition) is 6. The molecule has 4 rings (SSSR count). The van der Waals surface area contributed by atoms with Gasteiger partial charge in [-0.1, -0.05) is 28.4 Å². The first-order chi connectivity index (χ1) is 13.5. The Labute approximate surface area is 171 Å². The fourth-order valence-corrected chi connectivity index (χ4v) is 3.61. The fraction of sp³-hybridized carbons (Fsp3) is 0.263. The predicted octanol–water partition coefficient (Wildman–Crippen LogP) is 4.75. The van der Waals surface area contributed by atoms with Crippen molar-refractivity contribution in [2.45, 2.75) is 26.7 Å². The van der Waals surface area contributed by atoms with Gasteiger partial charge in [-0.05, 0) is 57.0 Å². The van der Waals surface area contributed by atoms with Gasteiger partial charge in [-0.3, -0.25) is 0 Å². The molecular weight excluding hydrogens is 399 g/mol. The van der Waals surface area contributed by atoms with Crippen molar-refractivity contribution in [3.63, 3.8) is 0 Å². The van der Waals surface area contributed by atoms with E-state index in [-0.39, 0.29) is 0 Å². The Kier molecular flexibility index (Phi) is 5.19. The number of benzene rings is 1. The van der Waals surface area contributed by atoms with E-state index < -0.39 is 0 Å². The molecule has 0 saturated heterocycles. The summed E-state index contributed by atoms with van der Waals surface area (Å²) in [4.78, 5) is 0. The standard InChI is InChI=1S/C19H18Cl2N6O/c1-11-16(12(2)28-26-11)4-3-7-22-17-5-6-18-23-24-19(27(18)25-17)13-8-14(20)10-15(21)9-13/h5-6,8-10H,3-4,7H2,1-2H3,(H,22,25). The molecule has 28 heavy (non-hydrogen) atoms. The van der Waals surface area contributed by atoms with E-state index in [1.165, 1.54) is 5.56 Å². The van der Waals surface area contributed by atoms with Gasteiger partial charge in [0.25, 0.3) is 0 Å². The number of anilines is 1. The third kappa shape index (κ3) is 3.81. The average molecular weight is 417 g/mol. The van der Waals surface area contributed by atoms with Crippen LogP contribution in [0.25, 0.3) is 17.0 Å². The SMILES string of the molecule is Cc1noc(C)c1CCCNc1ccc2nnc(-c3cc(Cl)cc(Cl)c3)n2n1. The molecule has 0 atom stereocenters. The van der Waals surface area contributed by atoms with Gasteiger partial charge in [0, 0.05) is 27.7 Å². The Morgan fingerprint density at radius 3 is 2.57 bits per heavy atom. The summed E-state index contributed by atoms with van der Waals surface area (Å²) in [6.07, 6.45) is 1.83. The Morgan fingerprint density at radius 1 is 1.07 bits per heavy atom. The van der Waals surface area contributed by atoms with Crippen LogP contribution in [0, 0.1) is 13.8 Å². The first-order valence-corrected chi connectivity index (χ1v) is 9.61. The zero-order valence-electron chi connectivity index (χ0n) is 15.4. The minimum Gasteiger partial charge on any atom is -0.369 e. The average Bonchev–Trinajstić information content (AvgIpc) is 3.21. The molecule has 0 aliphatic heterocycles. The first kappa shape index (κ1) is 18.7. The molecule has 0 saturated carbocycles. The summed E-state index contributed by atoms with van der Waals surface area (Å²) in [5, 5.41) is 21.4. The molecule has 0 aliphatic rings. The lowest BCUT2D eigenvalue weighted by Crippen LogP contribution is -2.07. The van der Waals surface area contributed by atoms with E-state index in [4.69, 9.17) is 27.7 Å². The highest BCUT2D eigenvalue weighted by molar-refractivity contribution is 6.35. The maximum atomic E-state index is 6.11. The number of nitrogens with zero attached hydrogens (tertiary/aromatic N) is 5. The van der Waals surface area contributed by atoms with E-state index in [2.05, 4.69) is 25.8 Å². The van der Waals surface area contributed by atoms with Crippen LogP contribution in [0.15, 0.2) is 34.9 Å². The van der Waals surface area contributed by atoms with Gasteiger partial charge in [0.05, 0.1) is 5.69 Å². The summed E-state index contributed by atoms with van der Waals surface area (Å²) in [5.74, 6) is 2.20. The monoisotopic (exact) mass is 416 g/mol. The third-order valence-corrected chi connectivity index (χ3v) is 4.91. The van der Waals surface area contributed by atoms with Gasteiger partial charge in [-0.2, -0.15) is 4.52 Å². The largest absolute Gasteiger partial charge is 0.369 e. The van der Waals surface area contributed by atoms with Crippen molar-refractivity contribution in [2.75, 3.05) is 11.9 Å². The van der Waals surface area contributed by atoms with Gasteiger partial charge >= 0.3 is 0 Å². The zero-order valence-corrected chi connectivity index (χ0v) is 16.9. The van der Waals surface area contributed by atoms with Crippen LogP contribution in [0.2, 0.25) is 10.0 Å². The number of aromatic nitrogens is 5. The van der Waals surface area contributed by atoms with Crippen molar-refractivity contribution >= 4 is 34.7 Å². The third-order valence-electron chi connectivity index (χ3n) is 4.47. The molecule has 0 aliphatic carbocycles. The first-order valence-electron chi connectivity index (χ1n) is 8.86. The van der Waals surface area contributed by atoms with Crippen LogP contribution in [0.4, 0.5) is 5.82 Å². The highest BCUT2D eigenvalue weighted by Gasteiger charge is 2.12. The van der Waals surface area contributed by atoms with Gasteiger partial charge in [0.1, 0.15) is 11.6 Å². The van der Waals surface area contributed by atoms with Crippen molar-refractivity contribution < 1.29 is 4.52 Å². The number of rotatable bonds is 6. The van der Waals surface area contributed by atoms with Crippen LogP contribution in [-0.2, 0) is 6.42 Å². The molecule has 0 amide bonds. The van der Waals surface area contributed by atoms with Gasteiger partial charge in [-0.25, -0.2) is 0 Å². The Balaban J connectivity index is 1.50. The van der Waals surface area contributed by atoms with E-state index in [9.17, 15) is 0 Å². The fourth-order valence-electron chi connectivity index (χ4n) is 3.09. The topological polar surface area (TPSA) is 81.1 Å². The quantitative estimate of drug-likeness (QED) is 0.456. The number of nitrogens with one attached hydrogen (secondary N) is 1. The van der Waals surface area contributed by atoms with Crippen LogP contribution in [0.5, 0.6) is 0 Å². The number of aryl methyl sites for hydroxylation is 2. The van der Waals surface area contributed by atoms with Gasteiger partial charge < -0.3 is 9.84 Å². The summed E-state index contributed by atoms with van der Waals surface area (Å²) in [5.41, 5.74) is 3.52. The van der Waals surface area contributed by atoms with Gasteiger partial charge in [0.15, 0.2) is 11.5 Å². The van der Waals surface area contributed by atoms with Gasteiger partial charge in [-0.15, -0.1) is 15.3 Å². The van der Waals surface area contributed by atoms with E-state index >= 15 is 0 Å². The molecule has 0 spiro atoms. The molecule has 0 unspecified atom stereocenters. The van der Waals surface area contributed by atoms with E-state index in [1.807, 2.05) is 26.0 Å². The van der Waals surface area contributed by atoms with Gasteiger partial charge in [0.2, 0.25) is 0 Å². The molecule has 1 aromatic carbocycles. The normalized spacial score (nSPS) is 11.3. The number of hydrogen-bond donors (Lipinski definition) is 1. The molecule has 9 heteroatoms. The molecule has 4 aromatic rings. The maximum absolute atomic E-state index is 6.11. The highest BCUT2D eigenvalue weighted by atomic mass is 35.5. The van der Waals surface area contributed by atoms with Crippen molar-refractivity contribution in [1.82, 2.24) is 25.0 Å². The molecular formula is C19H18Cl2N6O. The van der Waals surface area contributed by atoms with Crippen molar-refractivity contribution in [2.24, 2.45) is 0 Å². The molecule has 144 valence electrons. The molecule has 0 bridgehead atoms. The van der Waals surface area contributed by atoms with Crippen LogP contribution < -0.4 is 5.32 Å². The second-order valence-corrected chi connectivity index (χ2v) is 7.38. The van der Waals surface area contributed by atoms with E-state index in [0.29, 0.717) is 21.5 Å². The summed E-state index contributed by atoms with van der Waals surface area (Å²) < 4.78 is 6.88. The Hall–Kier alpha value is -2.64. The summed E-state index contributed by atoms with van der Waals surface area (Å²) in [7, 11) is 0. The van der Waals surface area contributed by atoms with Crippen molar-refractivity contribution in [1.29, 1.82) is 0 Å². The molecule has 1 N–H and O–H groups in total.